The van der Waals surface area contributed by atoms with E-state index >= 15 is 0 Å². The quantitative estimate of drug-likeness (QED) is 0.496. The predicted octanol–water partition coefficient (Wildman–Crippen LogP) is 4.74. The Bertz CT molecular complexity index is 465. The Hall–Kier alpha value is -1.10. The number of rotatable bonds is 3. The highest BCUT2D eigenvalue weighted by molar-refractivity contribution is 9.10. The van der Waals surface area contributed by atoms with Gasteiger partial charge in [-0.05, 0) is 40.8 Å². The largest absolute Gasteiger partial charge is 0.381 e. The van der Waals surface area contributed by atoms with Gasteiger partial charge in [0, 0.05) is 28.3 Å². The van der Waals surface area contributed by atoms with E-state index in [0.29, 0.717) is 12.0 Å². The van der Waals surface area contributed by atoms with E-state index in [-0.39, 0.29) is 10.6 Å². The molecule has 0 heterocycles. The van der Waals surface area contributed by atoms with Gasteiger partial charge in [-0.15, -0.1) is 0 Å². The summed E-state index contributed by atoms with van der Waals surface area (Å²) in [5.74, 6) is 0.643. The Kier molecular flexibility index (Phi) is 4.80. The SMILES string of the molecule is CC1CCCCCC1Nc1ccc([N+](=O)[O-])cc1Br. The molecule has 0 spiro atoms. The van der Waals surface area contributed by atoms with Crippen LogP contribution in [-0.2, 0) is 0 Å². The van der Waals surface area contributed by atoms with Gasteiger partial charge in [-0.2, -0.15) is 0 Å². The Morgan fingerprint density at radius 2 is 2.05 bits per heavy atom. The summed E-state index contributed by atoms with van der Waals surface area (Å²) in [7, 11) is 0. The summed E-state index contributed by atoms with van der Waals surface area (Å²) in [6.45, 7) is 2.28. The maximum atomic E-state index is 10.7. The lowest BCUT2D eigenvalue weighted by Crippen LogP contribution is -2.26. The van der Waals surface area contributed by atoms with E-state index in [1.807, 2.05) is 0 Å². The van der Waals surface area contributed by atoms with E-state index < -0.39 is 0 Å². The lowest BCUT2D eigenvalue weighted by molar-refractivity contribution is -0.384. The van der Waals surface area contributed by atoms with Gasteiger partial charge in [-0.25, -0.2) is 0 Å². The van der Waals surface area contributed by atoms with Gasteiger partial charge in [-0.3, -0.25) is 10.1 Å². The highest BCUT2D eigenvalue weighted by Crippen LogP contribution is 2.31. The average molecular weight is 327 g/mol. The van der Waals surface area contributed by atoms with Crippen LogP contribution < -0.4 is 5.32 Å². The van der Waals surface area contributed by atoms with E-state index in [1.54, 1.807) is 18.2 Å². The molecule has 1 N–H and O–H groups in total. The number of benzene rings is 1. The average Bonchev–Trinajstić information content (AvgIpc) is 2.57. The Morgan fingerprint density at radius 3 is 2.74 bits per heavy atom. The standard InChI is InChI=1S/C14H19BrN2O2/c1-10-5-3-2-4-6-13(10)16-14-8-7-11(17(18)19)9-12(14)15/h7-10,13,16H,2-6H2,1H3. The van der Waals surface area contributed by atoms with Crippen LogP contribution in [0.5, 0.6) is 0 Å². The first-order valence-electron chi connectivity index (χ1n) is 6.78. The minimum Gasteiger partial charge on any atom is -0.381 e. The zero-order valence-corrected chi connectivity index (χ0v) is 12.6. The highest BCUT2D eigenvalue weighted by atomic mass is 79.9. The minimum absolute atomic E-state index is 0.117. The number of nitrogens with one attached hydrogen (secondary N) is 1. The molecule has 1 fully saturated rings. The number of anilines is 1. The molecule has 0 bridgehead atoms. The molecule has 0 aromatic heterocycles. The summed E-state index contributed by atoms with van der Waals surface area (Å²) in [5.41, 5.74) is 1.07. The van der Waals surface area contributed by atoms with Gasteiger partial charge in [0.2, 0.25) is 0 Å². The smallest absolute Gasteiger partial charge is 0.270 e. The maximum Gasteiger partial charge on any atom is 0.270 e. The van der Waals surface area contributed by atoms with Crippen LogP contribution in [0.2, 0.25) is 0 Å². The first kappa shape index (κ1) is 14.3. The topological polar surface area (TPSA) is 55.2 Å². The molecule has 2 rings (SSSR count). The lowest BCUT2D eigenvalue weighted by Gasteiger charge is -2.24. The van der Waals surface area contributed by atoms with Crippen LogP contribution in [0.15, 0.2) is 22.7 Å². The summed E-state index contributed by atoms with van der Waals surface area (Å²) in [4.78, 5) is 10.3. The molecule has 1 aliphatic carbocycles. The molecule has 1 saturated carbocycles. The third-order valence-corrected chi connectivity index (χ3v) is 4.52. The van der Waals surface area contributed by atoms with Gasteiger partial charge < -0.3 is 5.32 Å². The van der Waals surface area contributed by atoms with E-state index in [4.69, 9.17) is 0 Å². The van der Waals surface area contributed by atoms with Crippen LogP contribution >= 0.6 is 15.9 Å². The zero-order chi connectivity index (χ0) is 13.8. The number of nitro benzene ring substituents is 1. The number of halogens is 1. The number of non-ortho nitro benzene ring substituents is 1. The molecule has 0 saturated heterocycles. The third-order valence-electron chi connectivity index (χ3n) is 3.87. The summed E-state index contributed by atoms with van der Waals surface area (Å²) < 4.78 is 0.762. The van der Waals surface area contributed by atoms with Crippen molar-refractivity contribution < 1.29 is 4.92 Å². The Morgan fingerprint density at radius 1 is 1.32 bits per heavy atom. The number of nitrogens with zero attached hydrogens (tertiary/aromatic N) is 1. The summed E-state index contributed by atoms with van der Waals surface area (Å²) in [6.07, 6.45) is 6.30. The van der Waals surface area contributed by atoms with Crippen molar-refractivity contribution >= 4 is 27.3 Å². The fraction of sp³-hybridized carbons (Fsp3) is 0.571. The first-order chi connectivity index (χ1) is 9.08. The summed E-state index contributed by atoms with van der Waals surface area (Å²) in [6, 6.07) is 5.36. The fourth-order valence-electron chi connectivity index (χ4n) is 2.64. The molecule has 2 atom stereocenters. The predicted molar refractivity (Wildman–Crippen MR) is 80.5 cm³/mol. The number of hydrogen-bond acceptors (Lipinski definition) is 3. The molecule has 104 valence electrons. The van der Waals surface area contributed by atoms with Crippen molar-refractivity contribution in [1.29, 1.82) is 0 Å². The molecule has 5 heteroatoms. The van der Waals surface area contributed by atoms with Gasteiger partial charge in [0.05, 0.1) is 4.92 Å². The molecule has 0 radical (unpaired) electrons. The van der Waals surface area contributed by atoms with Gasteiger partial charge in [0.1, 0.15) is 0 Å². The third kappa shape index (κ3) is 3.69. The molecule has 4 nitrogen and oxygen atoms in total. The molecular weight excluding hydrogens is 308 g/mol. The van der Waals surface area contributed by atoms with Crippen molar-refractivity contribution in [2.24, 2.45) is 5.92 Å². The second-order valence-corrected chi connectivity index (χ2v) is 6.14. The van der Waals surface area contributed by atoms with E-state index in [2.05, 4.69) is 28.2 Å². The van der Waals surface area contributed by atoms with Crippen molar-refractivity contribution in [3.05, 3.63) is 32.8 Å². The van der Waals surface area contributed by atoms with E-state index in [9.17, 15) is 10.1 Å². The molecule has 0 aliphatic heterocycles. The normalized spacial score (nSPS) is 23.7. The second-order valence-electron chi connectivity index (χ2n) is 5.29. The number of hydrogen-bond donors (Lipinski definition) is 1. The molecular formula is C14H19BrN2O2. The van der Waals surface area contributed by atoms with Crippen molar-refractivity contribution in [2.75, 3.05) is 5.32 Å². The molecule has 0 amide bonds. The maximum absolute atomic E-state index is 10.7. The van der Waals surface area contributed by atoms with E-state index in [0.717, 1.165) is 10.2 Å². The molecule has 1 aromatic rings. The molecule has 1 aliphatic rings. The highest BCUT2D eigenvalue weighted by Gasteiger charge is 2.20. The molecule has 1 aromatic carbocycles. The zero-order valence-electron chi connectivity index (χ0n) is 11.1. The summed E-state index contributed by atoms with van der Waals surface area (Å²) in [5, 5.41) is 14.3. The minimum atomic E-state index is -0.372. The first-order valence-corrected chi connectivity index (χ1v) is 7.57. The Balaban J connectivity index is 2.11. The Labute approximate surface area is 121 Å². The van der Waals surface area contributed by atoms with Crippen LogP contribution in [0.1, 0.15) is 39.0 Å². The monoisotopic (exact) mass is 326 g/mol. The lowest BCUT2D eigenvalue weighted by atomic mass is 9.97. The van der Waals surface area contributed by atoms with Crippen LogP contribution in [-0.4, -0.2) is 11.0 Å². The molecule has 2 unspecified atom stereocenters. The van der Waals surface area contributed by atoms with E-state index in [1.165, 1.54) is 32.1 Å². The second kappa shape index (κ2) is 6.37. The van der Waals surface area contributed by atoms with Crippen LogP contribution in [0.3, 0.4) is 0 Å². The van der Waals surface area contributed by atoms with Crippen molar-refractivity contribution in [3.63, 3.8) is 0 Å². The van der Waals surface area contributed by atoms with Gasteiger partial charge >= 0.3 is 0 Å². The fourth-order valence-corrected chi connectivity index (χ4v) is 3.12. The summed E-state index contributed by atoms with van der Waals surface area (Å²) >= 11 is 3.41. The number of nitro groups is 1. The molecule has 19 heavy (non-hydrogen) atoms. The van der Waals surface area contributed by atoms with Gasteiger partial charge in [0.15, 0.2) is 0 Å². The van der Waals surface area contributed by atoms with Crippen molar-refractivity contribution in [1.82, 2.24) is 0 Å². The van der Waals surface area contributed by atoms with Gasteiger partial charge in [-0.1, -0.05) is 26.2 Å². The van der Waals surface area contributed by atoms with Crippen LogP contribution in [0.4, 0.5) is 11.4 Å². The van der Waals surface area contributed by atoms with Crippen molar-refractivity contribution in [3.8, 4) is 0 Å². The van der Waals surface area contributed by atoms with Gasteiger partial charge in [0.25, 0.3) is 5.69 Å². The van der Waals surface area contributed by atoms with Crippen LogP contribution in [0.25, 0.3) is 0 Å². The van der Waals surface area contributed by atoms with Crippen molar-refractivity contribution in [2.45, 2.75) is 45.1 Å². The van der Waals surface area contributed by atoms with Crippen LogP contribution in [0, 0.1) is 16.0 Å².